The molecule has 0 saturated heterocycles. The number of fused-ring (bicyclic) bond motifs is 1. The van der Waals surface area contributed by atoms with E-state index in [0.717, 1.165) is 17.1 Å². The Morgan fingerprint density at radius 2 is 2.09 bits per heavy atom. The van der Waals surface area contributed by atoms with Gasteiger partial charge in [-0.3, -0.25) is 4.79 Å². The number of aromatic amines is 1. The summed E-state index contributed by atoms with van der Waals surface area (Å²) in [4.78, 5) is 19.2. The number of rotatable bonds is 4. The van der Waals surface area contributed by atoms with Crippen LogP contribution in [0.15, 0.2) is 41.6 Å². The number of aromatic nitrogens is 2. The quantitative estimate of drug-likeness (QED) is 0.690. The predicted molar refractivity (Wildman–Crippen MR) is 86.8 cm³/mol. The molecule has 4 nitrogen and oxygen atoms in total. The molecule has 1 heterocycles. The van der Waals surface area contributed by atoms with E-state index in [1.165, 1.54) is 17.8 Å². The van der Waals surface area contributed by atoms with Gasteiger partial charge in [-0.25, -0.2) is 13.8 Å². The summed E-state index contributed by atoms with van der Waals surface area (Å²) in [5, 5.41) is 3.52. The zero-order chi connectivity index (χ0) is 16.4. The first-order chi connectivity index (χ1) is 11.0. The van der Waals surface area contributed by atoms with Crippen LogP contribution in [0.2, 0.25) is 5.02 Å². The molecule has 0 unspecified atom stereocenters. The van der Waals surface area contributed by atoms with Crippen molar-refractivity contribution in [2.45, 2.75) is 5.16 Å². The van der Waals surface area contributed by atoms with Crippen LogP contribution in [-0.2, 0) is 4.79 Å². The molecule has 118 valence electrons. The highest BCUT2D eigenvalue weighted by atomic mass is 35.5. The van der Waals surface area contributed by atoms with Crippen molar-refractivity contribution >= 4 is 46.0 Å². The van der Waals surface area contributed by atoms with Gasteiger partial charge < -0.3 is 10.3 Å². The number of imidazole rings is 1. The van der Waals surface area contributed by atoms with E-state index in [0.29, 0.717) is 16.2 Å². The van der Waals surface area contributed by atoms with E-state index >= 15 is 0 Å². The van der Waals surface area contributed by atoms with E-state index in [-0.39, 0.29) is 11.4 Å². The maximum Gasteiger partial charge on any atom is 0.234 e. The molecule has 0 aliphatic carbocycles. The molecule has 0 spiro atoms. The molecule has 3 rings (SSSR count). The second-order valence-corrected chi connectivity index (χ2v) is 6.06. The SMILES string of the molecule is O=C(CSc1nc2ccc(Cl)cc2[nH]1)Nc1ccc(F)cc1F. The number of halogens is 3. The van der Waals surface area contributed by atoms with Crippen LogP contribution in [0.5, 0.6) is 0 Å². The Balaban J connectivity index is 1.63. The van der Waals surface area contributed by atoms with Crippen molar-refractivity contribution in [3.05, 3.63) is 53.1 Å². The van der Waals surface area contributed by atoms with Crippen LogP contribution in [0, 0.1) is 11.6 Å². The Labute approximate surface area is 139 Å². The Hall–Kier alpha value is -2.12. The minimum atomic E-state index is -0.818. The van der Waals surface area contributed by atoms with Crippen LogP contribution in [0.1, 0.15) is 0 Å². The number of nitrogens with one attached hydrogen (secondary N) is 2. The zero-order valence-corrected chi connectivity index (χ0v) is 13.1. The summed E-state index contributed by atoms with van der Waals surface area (Å²) in [5.74, 6) is -1.90. The minimum Gasteiger partial charge on any atom is -0.333 e. The molecular formula is C15H10ClF2N3OS. The summed E-state index contributed by atoms with van der Waals surface area (Å²) in [7, 11) is 0. The molecule has 0 bridgehead atoms. The van der Waals surface area contributed by atoms with Crippen LogP contribution in [0.25, 0.3) is 11.0 Å². The first kappa shape index (κ1) is 15.8. The molecule has 3 aromatic rings. The van der Waals surface area contributed by atoms with Crippen molar-refractivity contribution in [3.63, 3.8) is 0 Å². The largest absolute Gasteiger partial charge is 0.333 e. The van der Waals surface area contributed by atoms with Crippen LogP contribution in [0.3, 0.4) is 0 Å². The third-order valence-corrected chi connectivity index (χ3v) is 4.08. The number of carbonyl (C=O) groups excluding carboxylic acids is 1. The predicted octanol–water partition coefficient (Wildman–Crippen LogP) is 4.23. The molecular weight excluding hydrogens is 344 g/mol. The molecule has 8 heteroatoms. The third-order valence-electron chi connectivity index (χ3n) is 2.97. The van der Waals surface area contributed by atoms with Gasteiger partial charge in [-0.05, 0) is 30.3 Å². The zero-order valence-electron chi connectivity index (χ0n) is 11.6. The van der Waals surface area contributed by atoms with Crippen LogP contribution in [-0.4, -0.2) is 21.6 Å². The second kappa shape index (κ2) is 6.55. The number of hydrogen-bond donors (Lipinski definition) is 2. The van der Waals surface area contributed by atoms with Gasteiger partial charge in [0.1, 0.15) is 11.6 Å². The summed E-state index contributed by atoms with van der Waals surface area (Å²) in [5.41, 5.74) is 1.44. The fourth-order valence-corrected chi connectivity index (χ4v) is 2.79. The molecule has 1 aromatic heterocycles. The van der Waals surface area contributed by atoms with Gasteiger partial charge in [0.05, 0.1) is 22.5 Å². The maximum absolute atomic E-state index is 13.5. The average molecular weight is 354 g/mol. The topological polar surface area (TPSA) is 57.8 Å². The van der Waals surface area contributed by atoms with E-state index in [1.807, 2.05) is 0 Å². The molecule has 2 aromatic carbocycles. The van der Waals surface area contributed by atoms with Crippen molar-refractivity contribution in [2.24, 2.45) is 0 Å². The van der Waals surface area contributed by atoms with Crippen molar-refractivity contribution in [2.75, 3.05) is 11.1 Å². The van der Waals surface area contributed by atoms with Gasteiger partial charge in [0.15, 0.2) is 5.16 Å². The van der Waals surface area contributed by atoms with Crippen molar-refractivity contribution in [3.8, 4) is 0 Å². The lowest BCUT2D eigenvalue weighted by atomic mass is 10.3. The van der Waals surface area contributed by atoms with Gasteiger partial charge >= 0.3 is 0 Å². The summed E-state index contributed by atoms with van der Waals surface area (Å²) >= 11 is 7.06. The Morgan fingerprint density at radius 3 is 2.87 bits per heavy atom. The fourth-order valence-electron chi connectivity index (χ4n) is 1.94. The molecule has 0 aliphatic heterocycles. The maximum atomic E-state index is 13.5. The van der Waals surface area contributed by atoms with Crippen molar-refractivity contribution in [1.82, 2.24) is 9.97 Å². The lowest BCUT2D eigenvalue weighted by Crippen LogP contribution is -2.15. The summed E-state index contributed by atoms with van der Waals surface area (Å²) in [6.45, 7) is 0. The number of hydrogen-bond acceptors (Lipinski definition) is 3. The number of carbonyl (C=O) groups is 1. The smallest absolute Gasteiger partial charge is 0.234 e. The number of nitrogens with zero attached hydrogens (tertiary/aromatic N) is 1. The molecule has 0 saturated carbocycles. The Kier molecular flexibility index (Phi) is 4.49. The number of amides is 1. The molecule has 0 radical (unpaired) electrons. The van der Waals surface area contributed by atoms with Gasteiger partial charge in [-0.2, -0.15) is 0 Å². The molecule has 0 aliphatic rings. The first-order valence-corrected chi connectivity index (χ1v) is 7.90. The Morgan fingerprint density at radius 1 is 1.26 bits per heavy atom. The van der Waals surface area contributed by atoms with E-state index in [9.17, 15) is 13.6 Å². The normalized spacial score (nSPS) is 10.9. The second-order valence-electron chi connectivity index (χ2n) is 4.66. The highest BCUT2D eigenvalue weighted by Crippen LogP contribution is 2.22. The number of thioether (sulfide) groups is 1. The number of anilines is 1. The van der Waals surface area contributed by atoms with E-state index in [1.54, 1.807) is 18.2 Å². The summed E-state index contributed by atoms with van der Waals surface area (Å²) in [6.07, 6.45) is 0. The molecule has 2 N–H and O–H groups in total. The van der Waals surface area contributed by atoms with E-state index in [4.69, 9.17) is 11.6 Å². The first-order valence-electron chi connectivity index (χ1n) is 6.54. The van der Waals surface area contributed by atoms with E-state index < -0.39 is 17.5 Å². The number of benzene rings is 2. The fraction of sp³-hybridized carbons (Fsp3) is 0.0667. The monoisotopic (exact) mass is 353 g/mol. The van der Waals surface area contributed by atoms with Crippen molar-refractivity contribution in [1.29, 1.82) is 0 Å². The lowest BCUT2D eigenvalue weighted by Gasteiger charge is -2.05. The van der Waals surface area contributed by atoms with Crippen LogP contribution in [0.4, 0.5) is 14.5 Å². The van der Waals surface area contributed by atoms with Crippen molar-refractivity contribution < 1.29 is 13.6 Å². The number of H-pyrrole nitrogens is 1. The molecule has 0 atom stereocenters. The van der Waals surface area contributed by atoms with Gasteiger partial charge in [0.25, 0.3) is 0 Å². The average Bonchev–Trinajstić information content (AvgIpc) is 2.90. The van der Waals surface area contributed by atoms with Gasteiger partial charge in [-0.1, -0.05) is 23.4 Å². The van der Waals surface area contributed by atoms with Crippen LogP contribution < -0.4 is 5.32 Å². The highest BCUT2D eigenvalue weighted by Gasteiger charge is 2.10. The van der Waals surface area contributed by atoms with Crippen LogP contribution >= 0.6 is 23.4 Å². The summed E-state index contributed by atoms with van der Waals surface area (Å²) in [6, 6.07) is 8.20. The lowest BCUT2D eigenvalue weighted by molar-refractivity contribution is -0.113. The molecule has 0 fully saturated rings. The Bertz CT molecular complexity index is 884. The highest BCUT2D eigenvalue weighted by molar-refractivity contribution is 7.99. The van der Waals surface area contributed by atoms with E-state index in [2.05, 4.69) is 15.3 Å². The minimum absolute atomic E-state index is 0.0321. The van der Waals surface area contributed by atoms with Gasteiger partial charge in [0.2, 0.25) is 5.91 Å². The third kappa shape index (κ3) is 3.80. The van der Waals surface area contributed by atoms with Gasteiger partial charge in [-0.15, -0.1) is 0 Å². The molecule has 1 amide bonds. The summed E-state index contributed by atoms with van der Waals surface area (Å²) < 4.78 is 26.3. The standard InChI is InChI=1S/C15H10ClF2N3OS/c16-8-1-3-12-13(5-8)21-15(20-12)23-7-14(22)19-11-4-2-9(17)6-10(11)18/h1-6H,7H2,(H,19,22)(H,20,21). The molecule has 23 heavy (non-hydrogen) atoms. The van der Waals surface area contributed by atoms with Gasteiger partial charge in [0, 0.05) is 11.1 Å².